The van der Waals surface area contributed by atoms with Crippen LogP contribution in [0.15, 0.2) is 58.3 Å². The largest absolute Gasteiger partial charge is 0.339 e. The molecule has 2 N–H and O–H groups in total. The zero-order valence-electron chi connectivity index (χ0n) is 18.3. The molecule has 0 fully saturated rings. The molecule has 9 nitrogen and oxygen atoms in total. The summed E-state index contributed by atoms with van der Waals surface area (Å²) in [6.07, 6.45) is 0.343. The van der Waals surface area contributed by atoms with Gasteiger partial charge in [-0.3, -0.25) is 0 Å². The Morgan fingerprint density at radius 1 is 0.750 bits per heavy atom. The lowest BCUT2D eigenvalue weighted by molar-refractivity contribution is 0.190. The minimum absolute atomic E-state index is 0.0699. The molecular formula is C21H27N3O6S2. The van der Waals surface area contributed by atoms with Crippen molar-refractivity contribution in [1.29, 1.82) is 0 Å². The van der Waals surface area contributed by atoms with Crippen LogP contribution in [-0.2, 0) is 20.0 Å². The first-order valence-corrected chi connectivity index (χ1v) is 12.8. The summed E-state index contributed by atoms with van der Waals surface area (Å²) in [5.74, 6) is 0.0699. The summed E-state index contributed by atoms with van der Waals surface area (Å²) in [5, 5.41) is 0. The van der Waals surface area contributed by atoms with E-state index in [2.05, 4.69) is 0 Å². The van der Waals surface area contributed by atoms with Crippen molar-refractivity contribution in [1.82, 2.24) is 14.3 Å². The van der Waals surface area contributed by atoms with Crippen LogP contribution in [0.2, 0.25) is 0 Å². The Labute approximate surface area is 188 Å². The zero-order chi connectivity index (χ0) is 24.1. The third-order valence-electron chi connectivity index (χ3n) is 4.53. The van der Waals surface area contributed by atoms with Gasteiger partial charge >= 0.3 is 12.1 Å². The number of sulfonamides is 2. The summed E-state index contributed by atoms with van der Waals surface area (Å²) >= 11 is 0. The van der Waals surface area contributed by atoms with Gasteiger partial charge in [0, 0.05) is 6.54 Å². The summed E-state index contributed by atoms with van der Waals surface area (Å²) in [5.41, 5.74) is 1.66. The SMILES string of the molecule is Cc1ccc(S(=O)(=O)NC(=O)N(CCC(C)C)C(=O)NS(=O)(=O)c2ccc(C)cc2)cc1. The number of carbonyl (C=O) groups excluding carboxylic acids is 2. The normalized spacial score (nSPS) is 11.8. The van der Waals surface area contributed by atoms with E-state index in [-0.39, 0.29) is 22.3 Å². The van der Waals surface area contributed by atoms with Gasteiger partial charge in [0.25, 0.3) is 20.0 Å². The third kappa shape index (κ3) is 6.79. The molecule has 0 atom stereocenters. The zero-order valence-corrected chi connectivity index (χ0v) is 20.0. The predicted molar refractivity (Wildman–Crippen MR) is 120 cm³/mol. The van der Waals surface area contributed by atoms with E-state index in [1.165, 1.54) is 24.3 Å². The second-order valence-electron chi connectivity index (χ2n) is 7.78. The van der Waals surface area contributed by atoms with Crippen molar-refractivity contribution in [2.45, 2.75) is 43.9 Å². The number of urea groups is 2. The molecule has 0 heterocycles. The van der Waals surface area contributed by atoms with Crippen molar-refractivity contribution in [2.24, 2.45) is 5.92 Å². The van der Waals surface area contributed by atoms with Crippen molar-refractivity contribution in [3.05, 3.63) is 59.7 Å². The molecule has 0 spiro atoms. The van der Waals surface area contributed by atoms with Gasteiger partial charge in [0.15, 0.2) is 0 Å². The molecule has 0 aliphatic rings. The highest BCUT2D eigenvalue weighted by Crippen LogP contribution is 2.13. The number of carbonyl (C=O) groups is 2. The lowest BCUT2D eigenvalue weighted by atomic mass is 10.1. The Hall–Kier alpha value is -2.92. The van der Waals surface area contributed by atoms with Gasteiger partial charge < -0.3 is 0 Å². The van der Waals surface area contributed by atoms with Crippen LogP contribution in [-0.4, -0.2) is 40.3 Å². The fourth-order valence-electron chi connectivity index (χ4n) is 2.58. The third-order valence-corrected chi connectivity index (χ3v) is 7.20. The minimum atomic E-state index is -4.26. The van der Waals surface area contributed by atoms with Gasteiger partial charge in [0.2, 0.25) is 0 Å². The first-order valence-electron chi connectivity index (χ1n) is 9.86. The monoisotopic (exact) mass is 481 g/mol. The number of nitrogens with one attached hydrogen (secondary N) is 2. The van der Waals surface area contributed by atoms with Gasteiger partial charge in [-0.2, -0.15) is 0 Å². The van der Waals surface area contributed by atoms with Crippen LogP contribution < -0.4 is 9.44 Å². The van der Waals surface area contributed by atoms with E-state index < -0.39 is 32.1 Å². The molecular weight excluding hydrogens is 454 g/mol. The van der Waals surface area contributed by atoms with Gasteiger partial charge in [-0.05, 0) is 50.5 Å². The molecule has 2 aromatic rings. The highest BCUT2D eigenvalue weighted by molar-refractivity contribution is 7.90. The van der Waals surface area contributed by atoms with E-state index in [1.807, 2.05) is 23.3 Å². The van der Waals surface area contributed by atoms with E-state index in [4.69, 9.17) is 0 Å². The van der Waals surface area contributed by atoms with Crippen LogP contribution in [0, 0.1) is 19.8 Å². The Morgan fingerprint density at radius 3 is 1.41 bits per heavy atom. The molecule has 0 bridgehead atoms. The summed E-state index contributed by atoms with van der Waals surface area (Å²) in [6.45, 7) is 7.07. The molecule has 0 aliphatic heterocycles. The fraction of sp³-hybridized carbons (Fsp3) is 0.333. The van der Waals surface area contributed by atoms with E-state index in [0.29, 0.717) is 11.3 Å². The number of hydrogen-bond acceptors (Lipinski definition) is 6. The molecule has 32 heavy (non-hydrogen) atoms. The summed E-state index contributed by atoms with van der Waals surface area (Å²) < 4.78 is 53.9. The van der Waals surface area contributed by atoms with Crippen molar-refractivity contribution in [2.75, 3.05) is 6.54 Å². The van der Waals surface area contributed by atoms with Crippen LogP contribution in [0.25, 0.3) is 0 Å². The van der Waals surface area contributed by atoms with E-state index >= 15 is 0 Å². The Balaban J connectivity index is 2.25. The average Bonchev–Trinajstić information content (AvgIpc) is 2.67. The van der Waals surface area contributed by atoms with Crippen molar-refractivity contribution in [3.8, 4) is 0 Å². The number of benzene rings is 2. The number of hydrogen-bond donors (Lipinski definition) is 2. The van der Waals surface area contributed by atoms with Crippen LogP contribution in [0.1, 0.15) is 31.4 Å². The van der Waals surface area contributed by atoms with Gasteiger partial charge in [0.05, 0.1) is 9.79 Å². The second kappa shape index (κ2) is 10.1. The standard InChI is InChI=1S/C21H27N3O6S2/c1-15(2)13-14-24(20(25)22-31(27,28)18-9-5-16(3)6-10-18)21(26)23-32(29,30)19-11-7-17(4)8-12-19/h5-12,15H,13-14H2,1-4H3,(H,22,25)(H,23,26). The predicted octanol–water partition coefficient (Wildman–Crippen LogP) is 3.15. The van der Waals surface area contributed by atoms with Gasteiger partial charge in [-0.1, -0.05) is 49.2 Å². The van der Waals surface area contributed by atoms with E-state index in [0.717, 1.165) is 11.1 Å². The van der Waals surface area contributed by atoms with Crippen LogP contribution in [0.3, 0.4) is 0 Å². The molecule has 0 radical (unpaired) electrons. The maximum atomic E-state index is 12.7. The minimum Gasteiger partial charge on any atom is -0.247 e. The number of aryl methyl sites for hydroxylation is 2. The molecule has 0 aromatic heterocycles. The summed E-state index contributed by atoms with van der Waals surface area (Å²) in [4.78, 5) is 25.6. The maximum absolute atomic E-state index is 12.7. The van der Waals surface area contributed by atoms with Crippen molar-refractivity contribution < 1.29 is 26.4 Å². The van der Waals surface area contributed by atoms with Crippen LogP contribution >= 0.6 is 0 Å². The van der Waals surface area contributed by atoms with Crippen molar-refractivity contribution >= 4 is 32.1 Å². The lowest BCUT2D eigenvalue weighted by Crippen LogP contribution is -2.51. The second-order valence-corrected chi connectivity index (χ2v) is 11.1. The molecule has 2 aromatic carbocycles. The summed E-state index contributed by atoms with van der Waals surface area (Å²) in [7, 11) is -8.53. The lowest BCUT2D eigenvalue weighted by Gasteiger charge is -2.22. The maximum Gasteiger partial charge on any atom is 0.339 e. The topological polar surface area (TPSA) is 130 Å². The van der Waals surface area contributed by atoms with Gasteiger partial charge in [0.1, 0.15) is 0 Å². The number of nitrogens with zero attached hydrogens (tertiary/aromatic N) is 1. The van der Waals surface area contributed by atoms with Crippen LogP contribution in [0.4, 0.5) is 9.59 Å². The molecule has 0 aliphatic carbocycles. The first kappa shape index (κ1) is 25.3. The summed E-state index contributed by atoms with van der Waals surface area (Å²) in [6, 6.07) is 9.07. The Morgan fingerprint density at radius 2 is 1.09 bits per heavy atom. The van der Waals surface area contributed by atoms with Gasteiger partial charge in [-0.25, -0.2) is 40.8 Å². The molecule has 11 heteroatoms. The van der Waals surface area contributed by atoms with E-state index in [9.17, 15) is 26.4 Å². The molecule has 0 unspecified atom stereocenters. The molecule has 0 saturated heterocycles. The van der Waals surface area contributed by atoms with E-state index in [1.54, 1.807) is 38.1 Å². The highest BCUT2D eigenvalue weighted by Gasteiger charge is 2.29. The number of rotatable bonds is 7. The number of imide groups is 1. The average molecular weight is 482 g/mol. The molecule has 4 amide bonds. The highest BCUT2D eigenvalue weighted by atomic mass is 32.2. The Kier molecular flexibility index (Phi) is 8.02. The molecule has 2 rings (SSSR count). The quantitative estimate of drug-likeness (QED) is 0.625. The van der Waals surface area contributed by atoms with Crippen LogP contribution in [0.5, 0.6) is 0 Å². The molecule has 0 saturated carbocycles. The molecule has 174 valence electrons. The number of amides is 4. The van der Waals surface area contributed by atoms with Gasteiger partial charge in [-0.15, -0.1) is 0 Å². The first-order chi connectivity index (χ1) is 14.8. The Bertz CT molecular complexity index is 1080. The smallest absolute Gasteiger partial charge is 0.247 e. The fourth-order valence-corrected chi connectivity index (χ4v) is 4.48. The van der Waals surface area contributed by atoms with Crippen molar-refractivity contribution in [3.63, 3.8) is 0 Å².